The molecule has 1 aromatic carbocycles. The van der Waals surface area contributed by atoms with E-state index in [1.807, 2.05) is 31.2 Å². The Bertz CT molecular complexity index is 533. The number of hydrogen-bond acceptors (Lipinski definition) is 3. The van der Waals surface area contributed by atoms with Gasteiger partial charge in [0.25, 0.3) is 0 Å². The summed E-state index contributed by atoms with van der Waals surface area (Å²) in [6, 6.07) is 7.63. The first kappa shape index (κ1) is 11.1. The van der Waals surface area contributed by atoms with Crippen LogP contribution in [0.5, 0.6) is 0 Å². The first-order valence-corrected chi connectivity index (χ1v) is 5.70. The molecule has 0 aliphatic rings. The number of rotatable bonds is 2. The zero-order valence-corrected chi connectivity index (χ0v) is 9.97. The minimum Gasteiger partial charge on any atom is -0.477 e. The summed E-state index contributed by atoms with van der Waals surface area (Å²) in [5.74, 6) is -1.04. The number of aryl methyl sites for hydroxylation is 1. The molecule has 0 aliphatic heterocycles. The number of carboxylic acids is 1. The van der Waals surface area contributed by atoms with Gasteiger partial charge in [-0.05, 0) is 18.5 Å². The van der Waals surface area contributed by atoms with Crippen molar-refractivity contribution >= 4 is 29.1 Å². The van der Waals surface area contributed by atoms with Gasteiger partial charge in [-0.1, -0.05) is 41.4 Å². The third-order valence-corrected chi connectivity index (χ3v) is 3.47. The van der Waals surface area contributed by atoms with Crippen LogP contribution in [0, 0.1) is 6.92 Å². The van der Waals surface area contributed by atoms with Gasteiger partial charge in [-0.15, -0.1) is 0 Å². The van der Waals surface area contributed by atoms with Crippen LogP contribution in [-0.2, 0) is 0 Å². The molecule has 0 bridgehead atoms. The topological polar surface area (TPSA) is 50.2 Å². The number of hydrogen-bond donors (Lipinski definition) is 1. The molecule has 0 saturated carbocycles. The summed E-state index contributed by atoms with van der Waals surface area (Å²) < 4.78 is 4.07. The molecular formula is C11H8ClNO2S. The van der Waals surface area contributed by atoms with Crippen LogP contribution in [0.25, 0.3) is 11.3 Å². The lowest BCUT2D eigenvalue weighted by Crippen LogP contribution is -1.92. The summed E-state index contributed by atoms with van der Waals surface area (Å²) in [7, 11) is 0. The predicted octanol–water partition coefficient (Wildman–Crippen LogP) is 3.47. The molecule has 5 heteroatoms. The zero-order chi connectivity index (χ0) is 11.7. The number of aromatic carboxylic acids is 1. The molecule has 0 aliphatic carbocycles. The monoisotopic (exact) mass is 253 g/mol. The number of carboxylic acid groups (broad SMARTS) is 1. The highest BCUT2D eigenvalue weighted by Gasteiger charge is 2.18. The van der Waals surface area contributed by atoms with E-state index in [0.29, 0.717) is 5.69 Å². The molecule has 1 aromatic heterocycles. The Balaban J connectivity index is 2.49. The fourth-order valence-electron chi connectivity index (χ4n) is 1.30. The number of benzene rings is 1. The van der Waals surface area contributed by atoms with E-state index >= 15 is 0 Å². The number of nitrogens with zero attached hydrogens (tertiary/aromatic N) is 1. The van der Waals surface area contributed by atoms with E-state index in [4.69, 9.17) is 16.7 Å². The average Bonchev–Trinajstić information content (AvgIpc) is 2.61. The summed E-state index contributed by atoms with van der Waals surface area (Å²) in [5, 5.41) is 9.07. The van der Waals surface area contributed by atoms with Gasteiger partial charge in [-0.25, -0.2) is 4.79 Å². The third-order valence-electron chi connectivity index (χ3n) is 2.15. The second-order valence-corrected chi connectivity index (χ2v) is 4.50. The van der Waals surface area contributed by atoms with Crippen LogP contribution in [0.15, 0.2) is 24.3 Å². The Morgan fingerprint density at radius 2 is 2.00 bits per heavy atom. The van der Waals surface area contributed by atoms with Crippen molar-refractivity contribution in [3.63, 3.8) is 0 Å². The molecule has 82 valence electrons. The molecule has 0 fully saturated rings. The molecule has 0 radical (unpaired) electrons. The molecule has 0 saturated heterocycles. The lowest BCUT2D eigenvalue weighted by Gasteiger charge is -1.98. The van der Waals surface area contributed by atoms with Crippen molar-refractivity contribution in [3.05, 3.63) is 39.7 Å². The Hall–Kier alpha value is -1.39. The smallest absolute Gasteiger partial charge is 0.349 e. The highest BCUT2D eigenvalue weighted by molar-refractivity contribution is 7.09. The molecular weight excluding hydrogens is 246 g/mol. The molecule has 1 N–H and O–H groups in total. The van der Waals surface area contributed by atoms with Crippen molar-refractivity contribution in [2.24, 2.45) is 0 Å². The molecule has 1 heterocycles. The van der Waals surface area contributed by atoms with Crippen molar-refractivity contribution in [2.75, 3.05) is 0 Å². The molecule has 0 atom stereocenters. The van der Waals surface area contributed by atoms with Gasteiger partial charge in [-0.2, -0.15) is 4.37 Å². The SMILES string of the molecule is Cc1ccc(-c2nsc(C(=O)O)c2Cl)cc1. The van der Waals surface area contributed by atoms with Crippen molar-refractivity contribution in [1.82, 2.24) is 4.37 Å². The summed E-state index contributed by atoms with van der Waals surface area (Å²) in [5.41, 5.74) is 2.50. The molecule has 0 spiro atoms. The molecule has 2 aromatic rings. The van der Waals surface area contributed by atoms with Crippen molar-refractivity contribution in [1.29, 1.82) is 0 Å². The molecule has 0 amide bonds. The van der Waals surface area contributed by atoms with E-state index in [1.54, 1.807) is 0 Å². The van der Waals surface area contributed by atoms with Crippen LogP contribution in [0.3, 0.4) is 0 Å². The number of halogens is 1. The first-order valence-electron chi connectivity index (χ1n) is 4.55. The van der Waals surface area contributed by atoms with Crippen LogP contribution in [0.4, 0.5) is 0 Å². The summed E-state index contributed by atoms with van der Waals surface area (Å²) in [4.78, 5) is 10.9. The van der Waals surface area contributed by atoms with E-state index in [1.165, 1.54) is 0 Å². The van der Waals surface area contributed by atoms with Gasteiger partial charge in [0.2, 0.25) is 0 Å². The maximum atomic E-state index is 10.8. The Labute approximate surface area is 101 Å². The van der Waals surface area contributed by atoms with Gasteiger partial charge in [0.05, 0.1) is 5.02 Å². The normalized spacial score (nSPS) is 10.4. The second-order valence-electron chi connectivity index (χ2n) is 3.35. The molecule has 2 rings (SSSR count). The van der Waals surface area contributed by atoms with Crippen LogP contribution in [-0.4, -0.2) is 15.4 Å². The average molecular weight is 254 g/mol. The Kier molecular flexibility index (Phi) is 2.94. The van der Waals surface area contributed by atoms with Gasteiger partial charge >= 0.3 is 5.97 Å². The quantitative estimate of drug-likeness (QED) is 0.892. The van der Waals surface area contributed by atoms with E-state index in [-0.39, 0.29) is 9.90 Å². The van der Waals surface area contributed by atoms with Crippen molar-refractivity contribution in [2.45, 2.75) is 6.92 Å². The lowest BCUT2D eigenvalue weighted by molar-refractivity contribution is 0.0702. The minimum atomic E-state index is -1.04. The fourth-order valence-corrected chi connectivity index (χ4v) is 2.32. The van der Waals surface area contributed by atoms with Crippen molar-refractivity contribution < 1.29 is 9.90 Å². The Morgan fingerprint density at radius 3 is 2.50 bits per heavy atom. The Morgan fingerprint density at radius 1 is 1.38 bits per heavy atom. The van der Waals surface area contributed by atoms with E-state index in [2.05, 4.69) is 4.37 Å². The highest BCUT2D eigenvalue weighted by Crippen LogP contribution is 2.32. The van der Waals surface area contributed by atoms with Gasteiger partial charge in [0, 0.05) is 5.56 Å². The van der Waals surface area contributed by atoms with Gasteiger partial charge < -0.3 is 5.11 Å². The van der Waals surface area contributed by atoms with Crippen LogP contribution >= 0.6 is 23.1 Å². The lowest BCUT2D eigenvalue weighted by atomic mass is 10.1. The third kappa shape index (κ3) is 1.94. The summed E-state index contributed by atoms with van der Waals surface area (Å²) in [6.45, 7) is 1.98. The van der Waals surface area contributed by atoms with Crippen LogP contribution < -0.4 is 0 Å². The van der Waals surface area contributed by atoms with Crippen LogP contribution in [0.2, 0.25) is 5.02 Å². The summed E-state index contributed by atoms with van der Waals surface area (Å²) >= 11 is 6.86. The molecule has 0 unspecified atom stereocenters. The highest BCUT2D eigenvalue weighted by atomic mass is 35.5. The maximum Gasteiger partial charge on any atom is 0.349 e. The number of carbonyl (C=O) groups is 1. The first-order chi connectivity index (χ1) is 7.59. The van der Waals surface area contributed by atoms with Gasteiger partial charge in [0.1, 0.15) is 5.69 Å². The van der Waals surface area contributed by atoms with Gasteiger partial charge in [0.15, 0.2) is 4.88 Å². The molecule has 16 heavy (non-hydrogen) atoms. The van der Waals surface area contributed by atoms with Crippen molar-refractivity contribution in [3.8, 4) is 11.3 Å². The number of aromatic nitrogens is 1. The largest absolute Gasteiger partial charge is 0.477 e. The van der Waals surface area contributed by atoms with E-state index in [0.717, 1.165) is 22.7 Å². The van der Waals surface area contributed by atoms with E-state index in [9.17, 15) is 4.79 Å². The summed E-state index contributed by atoms with van der Waals surface area (Å²) in [6.07, 6.45) is 0. The predicted molar refractivity (Wildman–Crippen MR) is 64.3 cm³/mol. The standard InChI is InChI=1S/C11H8ClNO2S/c1-6-2-4-7(5-3-6)9-8(12)10(11(14)15)16-13-9/h2-5H,1H3,(H,14,15). The maximum absolute atomic E-state index is 10.8. The second kappa shape index (κ2) is 4.23. The minimum absolute atomic E-state index is 0.0808. The fraction of sp³-hybridized carbons (Fsp3) is 0.0909. The molecule has 3 nitrogen and oxygen atoms in total. The zero-order valence-electron chi connectivity index (χ0n) is 8.40. The van der Waals surface area contributed by atoms with Gasteiger partial charge in [-0.3, -0.25) is 0 Å². The van der Waals surface area contributed by atoms with E-state index < -0.39 is 5.97 Å². The van der Waals surface area contributed by atoms with Crippen LogP contribution in [0.1, 0.15) is 15.2 Å².